The molecular formula is C14H23N3. The Morgan fingerprint density at radius 3 is 3.06 bits per heavy atom. The predicted molar refractivity (Wildman–Crippen MR) is 73.4 cm³/mol. The summed E-state index contributed by atoms with van der Waals surface area (Å²) in [6.07, 6.45) is 3.47. The molecule has 1 heterocycles. The fourth-order valence-electron chi connectivity index (χ4n) is 2.36. The Hall–Kier alpha value is -1.06. The Bertz CT molecular complexity index is 362. The summed E-state index contributed by atoms with van der Waals surface area (Å²) in [6, 6.07) is 6.82. The molecule has 1 aliphatic rings. The summed E-state index contributed by atoms with van der Waals surface area (Å²) in [5, 5.41) is 3.47. The molecule has 3 N–H and O–H groups in total. The largest absolute Gasteiger partial charge is 0.374 e. The zero-order valence-corrected chi connectivity index (χ0v) is 10.7. The third-order valence-electron chi connectivity index (χ3n) is 3.41. The Morgan fingerprint density at radius 1 is 1.35 bits per heavy atom. The van der Waals surface area contributed by atoms with E-state index in [-0.39, 0.29) is 0 Å². The first-order chi connectivity index (χ1) is 8.31. The number of nitrogens with two attached hydrogens (primary N) is 1. The van der Waals surface area contributed by atoms with Gasteiger partial charge in [0.05, 0.1) is 0 Å². The van der Waals surface area contributed by atoms with Gasteiger partial charge in [0.15, 0.2) is 0 Å². The van der Waals surface area contributed by atoms with Crippen LogP contribution in [0.2, 0.25) is 0 Å². The van der Waals surface area contributed by atoms with Crippen molar-refractivity contribution in [1.29, 1.82) is 0 Å². The second kappa shape index (κ2) is 6.03. The summed E-state index contributed by atoms with van der Waals surface area (Å²) in [5.74, 6) is 0. The van der Waals surface area contributed by atoms with E-state index in [1.807, 2.05) is 0 Å². The SMILES string of the molecule is CN1CCc2cc(CNCCCCN)ccc21. The van der Waals surface area contributed by atoms with E-state index in [9.17, 15) is 0 Å². The lowest BCUT2D eigenvalue weighted by Gasteiger charge is -2.12. The van der Waals surface area contributed by atoms with E-state index in [2.05, 4.69) is 35.5 Å². The summed E-state index contributed by atoms with van der Waals surface area (Å²) in [5.41, 5.74) is 9.75. The van der Waals surface area contributed by atoms with Gasteiger partial charge in [-0.3, -0.25) is 0 Å². The summed E-state index contributed by atoms with van der Waals surface area (Å²) in [4.78, 5) is 2.33. The van der Waals surface area contributed by atoms with Gasteiger partial charge in [0.2, 0.25) is 0 Å². The third kappa shape index (κ3) is 3.20. The molecule has 0 atom stereocenters. The molecule has 17 heavy (non-hydrogen) atoms. The fourth-order valence-corrected chi connectivity index (χ4v) is 2.36. The fraction of sp³-hybridized carbons (Fsp3) is 0.571. The number of nitrogens with zero attached hydrogens (tertiary/aromatic N) is 1. The summed E-state index contributed by atoms with van der Waals surface area (Å²) >= 11 is 0. The molecule has 0 radical (unpaired) electrons. The molecule has 0 amide bonds. The van der Waals surface area contributed by atoms with Crippen molar-refractivity contribution in [1.82, 2.24) is 5.32 Å². The maximum absolute atomic E-state index is 5.46. The lowest BCUT2D eigenvalue weighted by Crippen LogP contribution is -2.16. The molecule has 3 heteroatoms. The number of unbranched alkanes of at least 4 members (excludes halogenated alkanes) is 1. The Kier molecular flexibility index (Phi) is 4.40. The van der Waals surface area contributed by atoms with Crippen LogP contribution in [0.4, 0.5) is 5.69 Å². The van der Waals surface area contributed by atoms with Gasteiger partial charge in [0, 0.05) is 25.8 Å². The van der Waals surface area contributed by atoms with Gasteiger partial charge in [-0.05, 0) is 49.5 Å². The standard InChI is InChI=1S/C14H23N3/c1-17-9-6-13-10-12(4-5-14(13)17)11-16-8-3-2-7-15/h4-5,10,16H,2-3,6-9,11,15H2,1H3. The van der Waals surface area contributed by atoms with Crippen LogP contribution in [-0.4, -0.2) is 26.7 Å². The molecule has 0 aliphatic carbocycles. The van der Waals surface area contributed by atoms with Crippen LogP contribution in [0.15, 0.2) is 18.2 Å². The number of hydrogen-bond donors (Lipinski definition) is 2. The number of hydrogen-bond acceptors (Lipinski definition) is 3. The molecule has 0 spiro atoms. The van der Waals surface area contributed by atoms with E-state index in [4.69, 9.17) is 5.73 Å². The van der Waals surface area contributed by atoms with Gasteiger partial charge in [-0.1, -0.05) is 12.1 Å². The van der Waals surface area contributed by atoms with Crippen LogP contribution in [0.5, 0.6) is 0 Å². The van der Waals surface area contributed by atoms with Crippen LogP contribution in [-0.2, 0) is 13.0 Å². The highest BCUT2D eigenvalue weighted by molar-refractivity contribution is 5.58. The molecule has 1 aromatic carbocycles. The Morgan fingerprint density at radius 2 is 2.24 bits per heavy atom. The molecule has 94 valence electrons. The van der Waals surface area contributed by atoms with Crippen LogP contribution >= 0.6 is 0 Å². The van der Waals surface area contributed by atoms with Gasteiger partial charge in [0.25, 0.3) is 0 Å². The van der Waals surface area contributed by atoms with Crippen molar-refractivity contribution in [2.45, 2.75) is 25.8 Å². The maximum atomic E-state index is 5.46. The van der Waals surface area contributed by atoms with Crippen LogP contribution in [0.1, 0.15) is 24.0 Å². The van der Waals surface area contributed by atoms with Crippen molar-refractivity contribution in [2.75, 3.05) is 31.6 Å². The molecule has 1 aliphatic heterocycles. The number of anilines is 1. The van der Waals surface area contributed by atoms with E-state index in [1.165, 1.54) is 29.7 Å². The average Bonchev–Trinajstić information content (AvgIpc) is 2.71. The minimum absolute atomic E-state index is 0.798. The third-order valence-corrected chi connectivity index (χ3v) is 3.41. The molecule has 1 aromatic rings. The molecule has 0 saturated heterocycles. The van der Waals surface area contributed by atoms with Crippen molar-refractivity contribution in [3.05, 3.63) is 29.3 Å². The first-order valence-electron chi connectivity index (χ1n) is 6.55. The van der Waals surface area contributed by atoms with Gasteiger partial charge >= 0.3 is 0 Å². The summed E-state index contributed by atoms with van der Waals surface area (Å²) in [7, 11) is 2.16. The van der Waals surface area contributed by atoms with Gasteiger partial charge in [-0.2, -0.15) is 0 Å². The van der Waals surface area contributed by atoms with Gasteiger partial charge in [-0.15, -0.1) is 0 Å². The normalized spacial score (nSPS) is 14.1. The highest BCUT2D eigenvalue weighted by atomic mass is 15.1. The maximum Gasteiger partial charge on any atom is 0.0397 e. The number of rotatable bonds is 6. The number of benzene rings is 1. The quantitative estimate of drug-likeness (QED) is 0.732. The lowest BCUT2D eigenvalue weighted by molar-refractivity contribution is 0.627. The van der Waals surface area contributed by atoms with Gasteiger partial charge < -0.3 is 16.0 Å². The topological polar surface area (TPSA) is 41.3 Å². The summed E-state index contributed by atoms with van der Waals surface area (Å²) < 4.78 is 0. The molecule has 0 fully saturated rings. The highest BCUT2D eigenvalue weighted by Crippen LogP contribution is 2.27. The molecule has 0 bridgehead atoms. The van der Waals surface area contributed by atoms with Crippen molar-refractivity contribution < 1.29 is 0 Å². The van der Waals surface area contributed by atoms with Gasteiger partial charge in [-0.25, -0.2) is 0 Å². The number of nitrogens with one attached hydrogen (secondary N) is 1. The molecule has 0 saturated carbocycles. The van der Waals surface area contributed by atoms with Gasteiger partial charge in [0.1, 0.15) is 0 Å². The lowest BCUT2D eigenvalue weighted by atomic mass is 10.1. The van der Waals surface area contributed by atoms with Crippen molar-refractivity contribution in [3.8, 4) is 0 Å². The van der Waals surface area contributed by atoms with Crippen LogP contribution in [0, 0.1) is 0 Å². The van der Waals surface area contributed by atoms with Crippen molar-refractivity contribution in [3.63, 3.8) is 0 Å². The van der Waals surface area contributed by atoms with E-state index in [1.54, 1.807) is 0 Å². The minimum atomic E-state index is 0.798. The average molecular weight is 233 g/mol. The first-order valence-corrected chi connectivity index (χ1v) is 6.55. The second-order valence-corrected chi connectivity index (χ2v) is 4.81. The number of fused-ring (bicyclic) bond motifs is 1. The molecule has 3 nitrogen and oxygen atoms in total. The van der Waals surface area contributed by atoms with Crippen molar-refractivity contribution >= 4 is 5.69 Å². The smallest absolute Gasteiger partial charge is 0.0397 e. The van der Waals surface area contributed by atoms with Crippen LogP contribution < -0.4 is 16.0 Å². The second-order valence-electron chi connectivity index (χ2n) is 4.81. The van der Waals surface area contributed by atoms with E-state index >= 15 is 0 Å². The van der Waals surface area contributed by atoms with E-state index in [0.717, 1.165) is 32.6 Å². The summed E-state index contributed by atoms with van der Waals surface area (Å²) in [6.45, 7) is 3.99. The molecule has 0 aromatic heterocycles. The molecule has 0 unspecified atom stereocenters. The highest BCUT2D eigenvalue weighted by Gasteiger charge is 2.15. The van der Waals surface area contributed by atoms with Crippen LogP contribution in [0.25, 0.3) is 0 Å². The predicted octanol–water partition coefficient (Wildman–Crippen LogP) is 1.51. The number of likely N-dealkylation sites (N-methyl/N-ethyl adjacent to an activating group) is 1. The molecular weight excluding hydrogens is 210 g/mol. The first kappa shape index (κ1) is 12.4. The molecule has 2 rings (SSSR count). The Labute approximate surface area is 104 Å². The Balaban J connectivity index is 1.82. The zero-order chi connectivity index (χ0) is 12.1. The zero-order valence-electron chi connectivity index (χ0n) is 10.7. The van der Waals surface area contributed by atoms with Crippen molar-refractivity contribution in [2.24, 2.45) is 5.73 Å². The van der Waals surface area contributed by atoms with E-state index in [0.29, 0.717) is 0 Å². The monoisotopic (exact) mass is 233 g/mol. The van der Waals surface area contributed by atoms with E-state index < -0.39 is 0 Å². The minimum Gasteiger partial charge on any atom is -0.374 e. The van der Waals surface area contributed by atoms with Crippen LogP contribution in [0.3, 0.4) is 0 Å².